The summed E-state index contributed by atoms with van der Waals surface area (Å²) in [4.78, 5) is 24.0. The highest BCUT2D eigenvalue weighted by Crippen LogP contribution is 2.29. The first-order valence-corrected chi connectivity index (χ1v) is 7.31. The van der Waals surface area contributed by atoms with E-state index in [1.165, 1.54) is 4.90 Å². The van der Waals surface area contributed by atoms with Crippen LogP contribution in [0.3, 0.4) is 0 Å². The van der Waals surface area contributed by atoms with Gasteiger partial charge in [0.15, 0.2) is 0 Å². The zero-order chi connectivity index (χ0) is 15.0. The van der Waals surface area contributed by atoms with Crippen LogP contribution in [0.4, 0.5) is 4.79 Å². The van der Waals surface area contributed by atoms with E-state index in [-0.39, 0.29) is 12.6 Å². The number of urea groups is 1. The van der Waals surface area contributed by atoms with Crippen LogP contribution in [0.5, 0.6) is 0 Å². The maximum Gasteiger partial charge on any atom is 0.323 e. The van der Waals surface area contributed by atoms with Gasteiger partial charge in [-0.2, -0.15) is 0 Å². The van der Waals surface area contributed by atoms with Crippen LogP contribution in [0.2, 0.25) is 0 Å². The van der Waals surface area contributed by atoms with Gasteiger partial charge in [0.25, 0.3) is 0 Å². The van der Waals surface area contributed by atoms with E-state index in [1.807, 2.05) is 0 Å². The first kappa shape index (κ1) is 16.8. The molecular formula is C14H26N2O4. The number of hydrogen-bond acceptors (Lipinski definition) is 3. The SMILES string of the molecule is CC(C)COCCCNC(=O)N(CC(=O)O)CC1CC1. The molecule has 0 aromatic heterocycles. The molecule has 0 heterocycles. The number of carbonyl (C=O) groups is 2. The fourth-order valence-electron chi connectivity index (χ4n) is 1.80. The van der Waals surface area contributed by atoms with E-state index < -0.39 is 5.97 Å². The molecule has 2 N–H and O–H groups in total. The molecule has 0 unspecified atom stereocenters. The molecule has 1 aliphatic rings. The van der Waals surface area contributed by atoms with E-state index in [0.29, 0.717) is 31.5 Å². The highest BCUT2D eigenvalue weighted by atomic mass is 16.5. The van der Waals surface area contributed by atoms with E-state index in [1.54, 1.807) is 0 Å². The molecule has 6 nitrogen and oxygen atoms in total. The minimum Gasteiger partial charge on any atom is -0.480 e. The van der Waals surface area contributed by atoms with Crippen LogP contribution >= 0.6 is 0 Å². The summed E-state index contributed by atoms with van der Waals surface area (Å²) in [6.45, 7) is 6.33. The van der Waals surface area contributed by atoms with Crippen LogP contribution in [0.15, 0.2) is 0 Å². The quantitative estimate of drug-likeness (QED) is 0.597. The fraction of sp³-hybridized carbons (Fsp3) is 0.857. The lowest BCUT2D eigenvalue weighted by atomic mass is 10.2. The van der Waals surface area contributed by atoms with Gasteiger partial charge in [0.05, 0.1) is 0 Å². The first-order chi connectivity index (χ1) is 9.49. The fourth-order valence-corrected chi connectivity index (χ4v) is 1.80. The Morgan fingerprint density at radius 3 is 2.65 bits per heavy atom. The third-order valence-corrected chi connectivity index (χ3v) is 2.98. The van der Waals surface area contributed by atoms with Crippen molar-refractivity contribution in [1.82, 2.24) is 10.2 Å². The molecule has 2 amide bonds. The summed E-state index contributed by atoms with van der Waals surface area (Å²) >= 11 is 0. The second-order valence-corrected chi connectivity index (χ2v) is 5.77. The molecular weight excluding hydrogens is 260 g/mol. The molecule has 0 bridgehead atoms. The number of carboxylic acid groups (broad SMARTS) is 1. The van der Waals surface area contributed by atoms with Crippen LogP contribution in [-0.2, 0) is 9.53 Å². The second kappa shape index (κ2) is 8.79. The van der Waals surface area contributed by atoms with Gasteiger partial charge < -0.3 is 20.1 Å². The van der Waals surface area contributed by atoms with Crippen LogP contribution in [-0.4, -0.2) is 54.9 Å². The summed E-state index contributed by atoms with van der Waals surface area (Å²) < 4.78 is 5.42. The number of hydrogen-bond donors (Lipinski definition) is 2. The highest BCUT2D eigenvalue weighted by Gasteiger charge is 2.27. The first-order valence-electron chi connectivity index (χ1n) is 7.31. The summed E-state index contributed by atoms with van der Waals surface area (Å²) in [5, 5.41) is 11.6. The second-order valence-electron chi connectivity index (χ2n) is 5.77. The van der Waals surface area contributed by atoms with E-state index in [4.69, 9.17) is 9.84 Å². The Kier molecular flexibility index (Phi) is 7.36. The molecule has 0 spiro atoms. The Balaban J connectivity index is 2.15. The molecule has 0 saturated heterocycles. The number of aliphatic carboxylic acids is 1. The number of carbonyl (C=O) groups excluding carboxylic acids is 1. The molecule has 1 saturated carbocycles. The van der Waals surface area contributed by atoms with Crippen LogP contribution < -0.4 is 5.32 Å². The van der Waals surface area contributed by atoms with Gasteiger partial charge in [-0.15, -0.1) is 0 Å². The average Bonchev–Trinajstić information content (AvgIpc) is 3.15. The number of nitrogens with zero attached hydrogens (tertiary/aromatic N) is 1. The minimum absolute atomic E-state index is 0.230. The van der Waals surface area contributed by atoms with Crippen molar-refractivity contribution in [2.45, 2.75) is 33.1 Å². The van der Waals surface area contributed by atoms with Gasteiger partial charge in [0.2, 0.25) is 0 Å². The highest BCUT2D eigenvalue weighted by molar-refractivity contribution is 5.80. The molecule has 1 aliphatic carbocycles. The summed E-state index contributed by atoms with van der Waals surface area (Å²) in [5.41, 5.74) is 0. The van der Waals surface area contributed by atoms with E-state index in [2.05, 4.69) is 19.2 Å². The molecule has 6 heteroatoms. The van der Waals surface area contributed by atoms with Crippen molar-refractivity contribution in [2.75, 3.05) is 32.8 Å². The normalized spacial score (nSPS) is 14.3. The Morgan fingerprint density at radius 2 is 2.10 bits per heavy atom. The number of ether oxygens (including phenoxy) is 1. The number of amides is 2. The smallest absolute Gasteiger partial charge is 0.323 e. The van der Waals surface area contributed by atoms with Crippen molar-refractivity contribution in [2.24, 2.45) is 11.8 Å². The van der Waals surface area contributed by atoms with Gasteiger partial charge in [-0.3, -0.25) is 4.79 Å². The van der Waals surface area contributed by atoms with Gasteiger partial charge in [-0.1, -0.05) is 13.8 Å². The van der Waals surface area contributed by atoms with Crippen molar-refractivity contribution in [3.63, 3.8) is 0 Å². The number of carboxylic acids is 1. The molecule has 0 aliphatic heterocycles. The Labute approximate surface area is 120 Å². The van der Waals surface area contributed by atoms with Crippen molar-refractivity contribution in [3.05, 3.63) is 0 Å². The summed E-state index contributed by atoms with van der Waals surface area (Å²) in [7, 11) is 0. The lowest BCUT2D eigenvalue weighted by Gasteiger charge is -2.21. The number of rotatable bonds is 10. The van der Waals surface area contributed by atoms with Gasteiger partial charge >= 0.3 is 12.0 Å². The van der Waals surface area contributed by atoms with Crippen molar-refractivity contribution < 1.29 is 19.4 Å². The van der Waals surface area contributed by atoms with Crippen molar-refractivity contribution in [1.29, 1.82) is 0 Å². The van der Waals surface area contributed by atoms with Crippen LogP contribution in [0, 0.1) is 11.8 Å². The summed E-state index contributed by atoms with van der Waals surface area (Å²) in [5.74, 6) is 0.0183. The lowest BCUT2D eigenvalue weighted by molar-refractivity contribution is -0.137. The third kappa shape index (κ3) is 7.99. The molecule has 0 aromatic carbocycles. The van der Waals surface area contributed by atoms with Gasteiger partial charge in [-0.25, -0.2) is 4.79 Å². The zero-order valence-corrected chi connectivity index (χ0v) is 12.4. The van der Waals surface area contributed by atoms with Crippen molar-refractivity contribution >= 4 is 12.0 Å². The molecule has 0 atom stereocenters. The molecule has 116 valence electrons. The standard InChI is InChI=1S/C14H26N2O4/c1-11(2)10-20-7-3-6-15-14(19)16(9-13(17)18)8-12-4-5-12/h11-12H,3-10H2,1-2H3,(H,15,19)(H,17,18). The Morgan fingerprint density at radius 1 is 1.40 bits per heavy atom. The van der Waals surface area contributed by atoms with E-state index in [9.17, 15) is 9.59 Å². The number of nitrogens with one attached hydrogen (secondary N) is 1. The molecule has 0 radical (unpaired) electrons. The Bertz CT molecular complexity index is 316. The van der Waals surface area contributed by atoms with E-state index >= 15 is 0 Å². The minimum atomic E-state index is -0.971. The maximum absolute atomic E-state index is 11.9. The lowest BCUT2D eigenvalue weighted by Crippen LogP contribution is -2.44. The van der Waals surface area contributed by atoms with Gasteiger partial charge in [-0.05, 0) is 31.1 Å². The van der Waals surface area contributed by atoms with Crippen molar-refractivity contribution in [3.8, 4) is 0 Å². The monoisotopic (exact) mass is 286 g/mol. The van der Waals surface area contributed by atoms with Gasteiger partial charge in [0, 0.05) is 26.3 Å². The average molecular weight is 286 g/mol. The largest absolute Gasteiger partial charge is 0.480 e. The molecule has 1 rings (SSSR count). The molecule has 0 aromatic rings. The summed E-state index contributed by atoms with van der Waals surface area (Å²) in [6.07, 6.45) is 2.92. The van der Waals surface area contributed by atoms with Crippen LogP contribution in [0.1, 0.15) is 33.1 Å². The predicted molar refractivity (Wildman–Crippen MR) is 75.6 cm³/mol. The van der Waals surface area contributed by atoms with E-state index in [0.717, 1.165) is 25.9 Å². The zero-order valence-electron chi connectivity index (χ0n) is 12.4. The van der Waals surface area contributed by atoms with Crippen LogP contribution in [0.25, 0.3) is 0 Å². The third-order valence-electron chi connectivity index (χ3n) is 2.98. The summed E-state index contributed by atoms with van der Waals surface area (Å²) in [6, 6.07) is -0.289. The van der Waals surface area contributed by atoms with Gasteiger partial charge in [0.1, 0.15) is 6.54 Å². The molecule has 20 heavy (non-hydrogen) atoms. The predicted octanol–water partition coefficient (Wildman–Crippen LogP) is 1.56. The topological polar surface area (TPSA) is 78.9 Å². The maximum atomic E-state index is 11.9. The Hall–Kier alpha value is -1.30. The molecule has 1 fully saturated rings.